The fourth-order valence-electron chi connectivity index (χ4n) is 2.40. The first-order valence-corrected chi connectivity index (χ1v) is 6.74. The number of rotatable bonds is 5. The molecule has 5 heteroatoms. The lowest BCUT2D eigenvalue weighted by molar-refractivity contribution is 0.0690. The van der Waals surface area contributed by atoms with E-state index in [1.54, 1.807) is 6.07 Å². The third kappa shape index (κ3) is 3.67. The number of hydrogen-bond acceptors (Lipinski definition) is 4. The molecule has 1 aromatic heterocycles. The molecule has 0 spiro atoms. The number of hydrogen-bond donors (Lipinski definition) is 2. The SMILES string of the molecule is CC(C)N1CCC(CNc2cccc(C(=O)O)n2)C1. The molecule has 1 unspecified atom stereocenters. The molecule has 0 saturated carbocycles. The van der Waals surface area contributed by atoms with Crippen molar-refractivity contribution < 1.29 is 9.90 Å². The minimum Gasteiger partial charge on any atom is -0.477 e. The van der Waals surface area contributed by atoms with Crippen molar-refractivity contribution in [3.05, 3.63) is 23.9 Å². The van der Waals surface area contributed by atoms with Crippen LogP contribution in [0.25, 0.3) is 0 Å². The van der Waals surface area contributed by atoms with Crippen LogP contribution >= 0.6 is 0 Å². The molecular formula is C14H21N3O2. The predicted octanol–water partition coefficient (Wildman–Crippen LogP) is 1.92. The quantitative estimate of drug-likeness (QED) is 0.849. The summed E-state index contributed by atoms with van der Waals surface area (Å²) in [6, 6.07) is 5.62. The summed E-state index contributed by atoms with van der Waals surface area (Å²) < 4.78 is 0. The summed E-state index contributed by atoms with van der Waals surface area (Å²) in [6.45, 7) is 7.52. The molecule has 1 aliphatic rings. The van der Waals surface area contributed by atoms with Crippen LogP contribution in [0.3, 0.4) is 0 Å². The summed E-state index contributed by atoms with van der Waals surface area (Å²) in [7, 11) is 0. The van der Waals surface area contributed by atoms with E-state index >= 15 is 0 Å². The maximum Gasteiger partial charge on any atom is 0.354 e. The third-order valence-electron chi connectivity index (χ3n) is 3.59. The van der Waals surface area contributed by atoms with E-state index < -0.39 is 5.97 Å². The van der Waals surface area contributed by atoms with E-state index in [0.717, 1.165) is 19.6 Å². The van der Waals surface area contributed by atoms with Gasteiger partial charge >= 0.3 is 5.97 Å². The lowest BCUT2D eigenvalue weighted by atomic mass is 10.1. The van der Waals surface area contributed by atoms with Gasteiger partial charge in [-0.1, -0.05) is 6.07 Å². The smallest absolute Gasteiger partial charge is 0.354 e. The first-order valence-electron chi connectivity index (χ1n) is 6.74. The summed E-state index contributed by atoms with van der Waals surface area (Å²) in [5.74, 6) is 0.260. The molecule has 2 rings (SSSR count). The van der Waals surface area contributed by atoms with Gasteiger partial charge in [-0.2, -0.15) is 0 Å². The second-order valence-electron chi connectivity index (χ2n) is 5.34. The van der Waals surface area contributed by atoms with Gasteiger partial charge < -0.3 is 15.3 Å². The average molecular weight is 263 g/mol. The van der Waals surface area contributed by atoms with Crippen LogP contribution in [-0.2, 0) is 0 Å². The van der Waals surface area contributed by atoms with Crippen LogP contribution in [0.4, 0.5) is 5.82 Å². The average Bonchev–Trinajstić information content (AvgIpc) is 2.85. The maximum atomic E-state index is 10.8. The van der Waals surface area contributed by atoms with Crippen molar-refractivity contribution >= 4 is 11.8 Å². The van der Waals surface area contributed by atoms with Gasteiger partial charge in [0.2, 0.25) is 0 Å². The highest BCUT2D eigenvalue weighted by atomic mass is 16.4. The molecule has 1 saturated heterocycles. The molecule has 1 fully saturated rings. The van der Waals surface area contributed by atoms with Gasteiger partial charge in [0, 0.05) is 19.1 Å². The van der Waals surface area contributed by atoms with Crippen molar-refractivity contribution in [2.75, 3.05) is 25.0 Å². The Morgan fingerprint density at radius 2 is 2.37 bits per heavy atom. The Morgan fingerprint density at radius 1 is 1.58 bits per heavy atom. The molecule has 104 valence electrons. The molecule has 0 amide bonds. The monoisotopic (exact) mass is 263 g/mol. The van der Waals surface area contributed by atoms with Crippen LogP contribution < -0.4 is 5.32 Å². The van der Waals surface area contributed by atoms with E-state index in [-0.39, 0.29) is 5.69 Å². The van der Waals surface area contributed by atoms with Crippen LogP contribution in [0.1, 0.15) is 30.8 Å². The lowest BCUT2D eigenvalue weighted by Crippen LogP contribution is -2.29. The molecule has 1 aromatic rings. The minimum absolute atomic E-state index is 0.0835. The first-order chi connectivity index (χ1) is 9.06. The molecule has 19 heavy (non-hydrogen) atoms. The van der Waals surface area contributed by atoms with E-state index in [2.05, 4.69) is 29.0 Å². The summed E-state index contributed by atoms with van der Waals surface area (Å²) in [5, 5.41) is 12.1. The Kier molecular flexibility index (Phi) is 4.37. The number of aromatic nitrogens is 1. The summed E-state index contributed by atoms with van der Waals surface area (Å²) >= 11 is 0. The van der Waals surface area contributed by atoms with Gasteiger partial charge in [0.25, 0.3) is 0 Å². The minimum atomic E-state index is -0.990. The molecule has 0 aromatic carbocycles. The zero-order valence-electron chi connectivity index (χ0n) is 11.5. The van der Waals surface area contributed by atoms with Crippen LogP contribution in [0.2, 0.25) is 0 Å². The predicted molar refractivity (Wildman–Crippen MR) is 74.5 cm³/mol. The fourth-order valence-corrected chi connectivity index (χ4v) is 2.40. The van der Waals surface area contributed by atoms with Gasteiger partial charge in [0.05, 0.1) is 0 Å². The number of carboxylic acids is 1. The van der Waals surface area contributed by atoms with E-state index in [9.17, 15) is 4.79 Å². The fraction of sp³-hybridized carbons (Fsp3) is 0.571. The molecule has 0 bridgehead atoms. The van der Waals surface area contributed by atoms with Crippen molar-refractivity contribution in [3.8, 4) is 0 Å². The number of nitrogens with one attached hydrogen (secondary N) is 1. The molecule has 2 N–H and O–H groups in total. The van der Waals surface area contributed by atoms with Crippen molar-refractivity contribution in [2.45, 2.75) is 26.3 Å². The van der Waals surface area contributed by atoms with Crippen LogP contribution in [0.15, 0.2) is 18.2 Å². The topological polar surface area (TPSA) is 65.5 Å². The molecule has 0 radical (unpaired) electrons. The number of aromatic carboxylic acids is 1. The highest BCUT2D eigenvalue weighted by molar-refractivity contribution is 5.85. The van der Waals surface area contributed by atoms with Crippen LogP contribution in [0, 0.1) is 5.92 Å². The molecular weight excluding hydrogens is 242 g/mol. The van der Waals surface area contributed by atoms with Crippen molar-refractivity contribution in [1.29, 1.82) is 0 Å². The van der Waals surface area contributed by atoms with E-state index in [1.807, 2.05) is 6.07 Å². The standard InChI is InChI=1S/C14H21N3O2/c1-10(2)17-7-6-11(9-17)8-15-13-5-3-4-12(16-13)14(18)19/h3-5,10-11H,6-9H2,1-2H3,(H,15,16)(H,18,19). The number of anilines is 1. The second-order valence-corrected chi connectivity index (χ2v) is 5.34. The van der Waals surface area contributed by atoms with Gasteiger partial charge in [-0.25, -0.2) is 9.78 Å². The number of pyridine rings is 1. The third-order valence-corrected chi connectivity index (χ3v) is 3.59. The number of carbonyl (C=O) groups is 1. The Morgan fingerprint density at radius 3 is 3.00 bits per heavy atom. The normalized spacial score (nSPS) is 19.8. The van der Waals surface area contributed by atoms with Gasteiger partial charge in [-0.3, -0.25) is 0 Å². The van der Waals surface area contributed by atoms with Gasteiger partial charge in [0.1, 0.15) is 5.82 Å². The summed E-state index contributed by atoms with van der Waals surface area (Å²) in [5.41, 5.74) is 0.0835. The highest BCUT2D eigenvalue weighted by Crippen LogP contribution is 2.19. The van der Waals surface area contributed by atoms with Gasteiger partial charge in [0.15, 0.2) is 5.69 Å². The molecule has 0 aliphatic carbocycles. The first kappa shape index (κ1) is 13.8. The molecule has 5 nitrogen and oxygen atoms in total. The van der Waals surface area contributed by atoms with E-state index in [0.29, 0.717) is 17.8 Å². The molecule has 1 aliphatic heterocycles. The zero-order chi connectivity index (χ0) is 13.8. The van der Waals surface area contributed by atoms with E-state index in [1.165, 1.54) is 12.5 Å². The van der Waals surface area contributed by atoms with Gasteiger partial charge in [-0.05, 0) is 44.9 Å². The Labute approximate surface area is 113 Å². The number of likely N-dealkylation sites (tertiary alicyclic amines) is 1. The van der Waals surface area contributed by atoms with Crippen molar-refractivity contribution in [3.63, 3.8) is 0 Å². The molecule has 2 heterocycles. The van der Waals surface area contributed by atoms with Gasteiger partial charge in [-0.15, -0.1) is 0 Å². The Bertz CT molecular complexity index is 448. The number of nitrogens with zero attached hydrogens (tertiary/aromatic N) is 2. The second kappa shape index (κ2) is 6.02. The highest BCUT2D eigenvalue weighted by Gasteiger charge is 2.23. The van der Waals surface area contributed by atoms with E-state index in [4.69, 9.17) is 5.11 Å². The summed E-state index contributed by atoms with van der Waals surface area (Å²) in [6.07, 6.45) is 1.18. The Balaban J connectivity index is 1.86. The van der Waals surface area contributed by atoms with Crippen LogP contribution in [-0.4, -0.2) is 46.6 Å². The maximum absolute atomic E-state index is 10.8. The van der Waals surface area contributed by atoms with Crippen LogP contribution in [0.5, 0.6) is 0 Å². The largest absolute Gasteiger partial charge is 0.477 e. The Hall–Kier alpha value is -1.62. The number of carboxylic acid groups (broad SMARTS) is 1. The van der Waals surface area contributed by atoms with Crippen molar-refractivity contribution in [1.82, 2.24) is 9.88 Å². The molecule has 1 atom stereocenters. The summed E-state index contributed by atoms with van der Waals surface area (Å²) in [4.78, 5) is 17.4. The zero-order valence-corrected chi connectivity index (χ0v) is 11.5. The van der Waals surface area contributed by atoms with Crippen molar-refractivity contribution in [2.24, 2.45) is 5.92 Å². The lowest BCUT2D eigenvalue weighted by Gasteiger charge is -2.20.